The minimum Gasteiger partial charge on any atom is -0.490 e. The molecule has 1 aromatic heterocycles. The van der Waals surface area contributed by atoms with Crippen LogP contribution in [0.3, 0.4) is 0 Å². The van der Waals surface area contributed by atoms with Crippen LogP contribution in [0, 0.1) is 5.92 Å². The molecule has 2 aromatic rings. The number of hydrogen-bond acceptors (Lipinski definition) is 6. The first-order valence-corrected chi connectivity index (χ1v) is 9.52. The lowest BCUT2D eigenvalue weighted by Gasteiger charge is -2.10. The van der Waals surface area contributed by atoms with E-state index in [0.717, 1.165) is 6.42 Å². The maximum atomic E-state index is 12.5. The van der Waals surface area contributed by atoms with Crippen molar-refractivity contribution >= 4 is 15.9 Å². The molecule has 0 bridgehead atoms. The van der Waals surface area contributed by atoms with Gasteiger partial charge in [0.1, 0.15) is 5.76 Å². The van der Waals surface area contributed by atoms with Gasteiger partial charge < -0.3 is 13.9 Å². The highest BCUT2D eigenvalue weighted by molar-refractivity contribution is 7.90. The molecular weight excluding hydrogens is 346 g/mol. The molecule has 1 saturated carbocycles. The third-order valence-corrected chi connectivity index (χ3v) is 5.64. The van der Waals surface area contributed by atoms with Crippen LogP contribution in [0.4, 0.5) is 0 Å². The van der Waals surface area contributed by atoms with Gasteiger partial charge in [-0.1, -0.05) is 0 Å². The van der Waals surface area contributed by atoms with E-state index in [-0.39, 0.29) is 16.7 Å². The molecule has 2 atom stereocenters. The number of furan rings is 1. The van der Waals surface area contributed by atoms with Crippen LogP contribution < -0.4 is 14.2 Å². The Morgan fingerprint density at radius 3 is 2.68 bits per heavy atom. The summed E-state index contributed by atoms with van der Waals surface area (Å²) in [6, 6.07) is 7.86. The fourth-order valence-corrected chi connectivity index (χ4v) is 3.92. The van der Waals surface area contributed by atoms with Gasteiger partial charge in [0.15, 0.2) is 11.5 Å². The van der Waals surface area contributed by atoms with Gasteiger partial charge in [0, 0.05) is 24.3 Å². The van der Waals surface area contributed by atoms with E-state index < -0.39 is 15.9 Å². The number of ether oxygens (including phenoxy) is 2. The number of sulfonamides is 1. The van der Waals surface area contributed by atoms with Crippen LogP contribution >= 0.6 is 0 Å². The molecule has 25 heavy (non-hydrogen) atoms. The zero-order valence-corrected chi connectivity index (χ0v) is 14.1. The standard InChI is InChI=1S/C17H17NO6S/c19-17(13-10-12(13)14-3-1-6-22-14)18-25(20,21)11-4-5-15-16(9-11)24-8-2-7-23-15/h1,3-6,9,12-13H,2,7-8,10H2,(H,18,19). The monoisotopic (exact) mass is 363 g/mol. The Morgan fingerprint density at radius 1 is 1.12 bits per heavy atom. The molecule has 0 radical (unpaired) electrons. The van der Waals surface area contributed by atoms with Crippen LogP contribution in [0.25, 0.3) is 0 Å². The lowest BCUT2D eigenvalue weighted by atomic mass is 10.2. The maximum Gasteiger partial charge on any atom is 0.264 e. The van der Waals surface area contributed by atoms with Gasteiger partial charge in [-0.25, -0.2) is 13.1 Å². The Labute approximate surface area is 145 Å². The Morgan fingerprint density at radius 2 is 1.92 bits per heavy atom. The smallest absolute Gasteiger partial charge is 0.264 e. The second-order valence-electron chi connectivity index (χ2n) is 6.09. The summed E-state index contributed by atoms with van der Waals surface area (Å²) in [5.41, 5.74) is 0. The van der Waals surface area contributed by atoms with Crippen LogP contribution in [-0.2, 0) is 14.8 Å². The molecule has 132 valence electrons. The van der Waals surface area contributed by atoms with E-state index in [1.807, 2.05) is 0 Å². The zero-order chi connectivity index (χ0) is 17.4. The molecule has 1 aliphatic carbocycles. The summed E-state index contributed by atoms with van der Waals surface area (Å²) in [6.45, 7) is 0.974. The predicted molar refractivity (Wildman–Crippen MR) is 86.9 cm³/mol. The van der Waals surface area contributed by atoms with Crippen LogP contribution in [0.2, 0.25) is 0 Å². The fraction of sp³-hybridized carbons (Fsp3) is 0.353. The van der Waals surface area contributed by atoms with E-state index >= 15 is 0 Å². The van der Waals surface area contributed by atoms with Gasteiger partial charge in [-0.3, -0.25) is 4.79 Å². The second kappa shape index (κ2) is 6.11. The molecule has 8 heteroatoms. The Balaban J connectivity index is 1.48. The van der Waals surface area contributed by atoms with Crippen molar-refractivity contribution in [1.82, 2.24) is 4.72 Å². The summed E-state index contributed by atoms with van der Waals surface area (Å²) in [6.07, 6.45) is 2.84. The molecular formula is C17H17NO6S. The van der Waals surface area contributed by atoms with Gasteiger partial charge in [0.05, 0.1) is 24.4 Å². The number of amides is 1. The van der Waals surface area contributed by atoms with Crippen molar-refractivity contribution in [3.05, 3.63) is 42.4 Å². The molecule has 1 fully saturated rings. The van der Waals surface area contributed by atoms with Gasteiger partial charge in [-0.05, 0) is 30.7 Å². The van der Waals surface area contributed by atoms with Crippen LogP contribution in [0.15, 0.2) is 45.9 Å². The molecule has 7 nitrogen and oxygen atoms in total. The first kappa shape index (κ1) is 16.0. The topological polar surface area (TPSA) is 94.8 Å². The van der Waals surface area contributed by atoms with Gasteiger partial charge in [-0.2, -0.15) is 0 Å². The minimum absolute atomic E-state index is 0.0275. The summed E-state index contributed by atoms with van der Waals surface area (Å²) < 4.78 is 43.4. The summed E-state index contributed by atoms with van der Waals surface area (Å²) in [5, 5.41) is 0. The number of rotatable bonds is 4. The van der Waals surface area contributed by atoms with Crippen LogP contribution in [0.1, 0.15) is 24.5 Å². The lowest BCUT2D eigenvalue weighted by molar-refractivity contribution is -0.120. The molecule has 1 amide bonds. The third kappa shape index (κ3) is 3.21. The highest BCUT2D eigenvalue weighted by atomic mass is 32.2. The molecule has 1 N–H and O–H groups in total. The molecule has 1 aromatic carbocycles. The third-order valence-electron chi connectivity index (χ3n) is 4.30. The molecule has 0 saturated heterocycles. The predicted octanol–water partition coefficient (Wildman–Crippen LogP) is 2.05. The molecule has 4 rings (SSSR count). The molecule has 1 aliphatic heterocycles. The largest absolute Gasteiger partial charge is 0.490 e. The molecule has 2 heterocycles. The van der Waals surface area contributed by atoms with Gasteiger partial charge in [0.2, 0.25) is 5.91 Å². The Hall–Kier alpha value is -2.48. The number of fused-ring (bicyclic) bond motifs is 1. The van der Waals surface area contributed by atoms with E-state index in [1.165, 1.54) is 18.4 Å². The van der Waals surface area contributed by atoms with Crippen molar-refractivity contribution in [1.29, 1.82) is 0 Å². The van der Waals surface area contributed by atoms with Gasteiger partial charge in [0.25, 0.3) is 10.0 Å². The molecule has 0 spiro atoms. The zero-order valence-electron chi connectivity index (χ0n) is 13.3. The summed E-state index contributed by atoms with van der Waals surface area (Å²) in [4.78, 5) is 12.2. The Bertz CT molecular complexity index is 890. The maximum absolute atomic E-state index is 12.5. The van der Waals surface area contributed by atoms with Gasteiger partial charge >= 0.3 is 0 Å². The number of hydrogen-bond donors (Lipinski definition) is 1. The lowest BCUT2D eigenvalue weighted by Crippen LogP contribution is -2.32. The highest BCUT2D eigenvalue weighted by Gasteiger charge is 2.47. The highest BCUT2D eigenvalue weighted by Crippen LogP contribution is 2.47. The first-order chi connectivity index (χ1) is 12.0. The summed E-state index contributed by atoms with van der Waals surface area (Å²) >= 11 is 0. The normalized spacial score (nSPS) is 22.1. The Kier molecular flexibility index (Phi) is 3.91. The average molecular weight is 363 g/mol. The van der Waals surface area contributed by atoms with Gasteiger partial charge in [-0.15, -0.1) is 0 Å². The summed E-state index contributed by atoms with van der Waals surface area (Å²) in [5.74, 6) is 0.604. The number of carbonyl (C=O) groups is 1. The van der Waals surface area contributed by atoms with Crippen molar-refractivity contribution in [3.63, 3.8) is 0 Å². The fourth-order valence-electron chi connectivity index (χ4n) is 2.88. The van der Waals surface area contributed by atoms with E-state index in [4.69, 9.17) is 13.9 Å². The number of benzene rings is 1. The quantitative estimate of drug-likeness (QED) is 0.893. The van der Waals surface area contributed by atoms with Crippen molar-refractivity contribution in [3.8, 4) is 11.5 Å². The van der Waals surface area contributed by atoms with Crippen LogP contribution in [-0.4, -0.2) is 27.5 Å². The molecule has 2 aliphatic rings. The van der Waals surface area contributed by atoms with Crippen molar-refractivity contribution in [2.24, 2.45) is 5.92 Å². The second-order valence-corrected chi connectivity index (χ2v) is 7.78. The SMILES string of the molecule is O=C(NS(=O)(=O)c1ccc2c(c1)OCCCO2)C1CC1c1ccco1. The number of carbonyl (C=O) groups excluding carboxylic acids is 1. The van der Waals surface area contributed by atoms with Crippen molar-refractivity contribution < 1.29 is 27.1 Å². The van der Waals surface area contributed by atoms with E-state index in [0.29, 0.717) is 36.9 Å². The van der Waals surface area contributed by atoms with Crippen LogP contribution in [0.5, 0.6) is 11.5 Å². The number of nitrogens with one attached hydrogen (secondary N) is 1. The van der Waals surface area contributed by atoms with Crippen molar-refractivity contribution in [2.75, 3.05) is 13.2 Å². The van der Waals surface area contributed by atoms with E-state index in [9.17, 15) is 13.2 Å². The minimum atomic E-state index is -3.97. The van der Waals surface area contributed by atoms with Crippen molar-refractivity contribution in [2.45, 2.75) is 23.7 Å². The van der Waals surface area contributed by atoms with E-state index in [1.54, 1.807) is 18.2 Å². The molecule has 2 unspecified atom stereocenters. The van der Waals surface area contributed by atoms with E-state index in [2.05, 4.69) is 4.72 Å². The summed E-state index contributed by atoms with van der Waals surface area (Å²) in [7, 11) is -3.97. The average Bonchev–Trinajstić information content (AvgIpc) is 3.28. The first-order valence-electron chi connectivity index (χ1n) is 8.04.